The summed E-state index contributed by atoms with van der Waals surface area (Å²) < 4.78 is 12.9. The minimum Gasteiger partial charge on any atom is -0.195 e. The number of benzene rings is 1. The normalized spacial score (nSPS) is 26.0. The summed E-state index contributed by atoms with van der Waals surface area (Å²) in [6.07, 6.45) is 26.5. The van der Waals surface area contributed by atoms with Crippen molar-refractivity contribution >= 4 is 0 Å². The Balaban J connectivity index is 1.26. The number of halogens is 1. The van der Waals surface area contributed by atoms with Crippen LogP contribution in [0.4, 0.5) is 4.39 Å². The molecule has 186 valence electrons. The van der Waals surface area contributed by atoms with Crippen LogP contribution >= 0.6 is 0 Å². The first-order valence-corrected chi connectivity index (χ1v) is 14.2. The maximum absolute atomic E-state index is 12.9. The van der Waals surface area contributed by atoms with Gasteiger partial charge in [0.1, 0.15) is 6.07 Å². The molecule has 0 radical (unpaired) electrons. The van der Waals surface area contributed by atoms with E-state index in [-0.39, 0.29) is 0 Å². The first kappa shape index (κ1) is 26.7. The van der Waals surface area contributed by atoms with Crippen molar-refractivity contribution < 1.29 is 4.39 Å². The molecule has 0 N–H and O–H groups in total. The van der Waals surface area contributed by atoms with Gasteiger partial charge in [0.25, 0.3) is 0 Å². The summed E-state index contributed by atoms with van der Waals surface area (Å²) in [5.74, 6) is 2.66. The summed E-state index contributed by atoms with van der Waals surface area (Å²) in [7, 11) is 0. The summed E-state index contributed by atoms with van der Waals surface area (Å²) in [4.78, 5) is 0. The van der Waals surface area contributed by atoms with Gasteiger partial charge in [-0.05, 0) is 105 Å². The molecule has 1 nitrogen and oxygen atoms in total. The van der Waals surface area contributed by atoms with Crippen LogP contribution in [-0.2, 0) is 12.8 Å². The van der Waals surface area contributed by atoms with Gasteiger partial charge in [0.15, 0.2) is 5.83 Å². The largest absolute Gasteiger partial charge is 0.199 e. The fourth-order valence-corrected chi connectivity index (χ4v) is 6.31. The number of nitriles is 1. The quantitative estimate of drug-likeness (QED) is 0.172. The molecule has 2 aliphatic carbocycles. The summed E-state index contributed by atoms with van der Waals surface area (Å²) in [6, 6.07) is 10.9. The Kier molecular flexibility index (Phi) is 11.9. The minimum atomic E-state index is -0.700. The SMILES string of the molecule is CCCCCc1ccc(CCCCC2CCC(C3CCC(C=CC=C(F)C#N)CC3)CC2)cc1. The summed E-state index contributed by atoms with van der Waals surface area (Å²) in [6.45, 7) is 2.27. The van der Waals surface area contributed by atoms with Crippen molar-refractivity contribution in [2.75, 3.05) is 0 Å². The van der Waals surface area contributed by atoms with Crippen molar-refractivity contribution in [2.45, 2.75) is 110 Å². The first-order valence-electron chi connectivity index (χ1n) is 14.2. The number of aryl methyl sites for hydroxylation is 2. The Hall–Kier alpha value is -1.88. The van der Waals surface area contributed by atoms with Crippen LogP contribution < -0.4 is 0 Å². The molecule has 34 heavy (non-hydrogen) atoms. The predicted molar refractivity (Wildman–Crippen MR) is 142 cm³/mol. The first-order chi connectivity index (χ1) is 16.7. The summed E-state index contributed by atoms with van der Waals surface area (Å²) in [5, 5.41) is 8.49. The Morgan fingerprint density at radius 1 is 0.853 bits per heavy atom. The topological polar surface area (TPSA) is 23.8 Å². The summed E-state index contributed by atoms with van der Waals surface area (Å²) in [5.41, 5.74) is 3.02. The van der Waals surface area contributed by atoms with E-state index in [9.17, 15) is 4.39 Å². The molecule has 0 spiro atoms. The minimum absolute atomic E-state index is 0.563. The van der Waals surface area contributed by atoms with E-state index >= 15 is 0 Å². The zero-order valence-corrected chi connectivity index (χ0v) is 21.5. The van der Waals surface area contributed by atoms with Crippen LogP contribution in [0, 0.1) is 35.0 Å². The number of hydrogen-bond acceptors (Lipinski definition) is 1. The molecule has 0 saturated heterocycles. The second kappa shape index (κ2) is 15.2. The van der Waals surface area contributed by atoms with Crippen LogP contribution in [0.15, 0.2) is 48.3 Å². The third kappa shape index (κ3) is 9.40. The van der Waals surface area contributed by atoms with E-state index < -0.39 is 5.83 Å². The number of allylic oxidation sites excluding steroid dienone is 4. The molecular weight excluding hydrogens is 417 g/mol. The van der Waals surface area contributed by atoms with Gasteiger partial charge in [-0.1, -0.05) is 81.9 Å². The van der Waals surface area contributed by atoms with Crippen molar-refractivity contribution in [1.82, 2.24) is 0 Å². The second-order valence-corrected chi connectivity index (χ2v) is 11.0. The number of hydrogen-bond donors (Lipinski definition) is 0. The maximum Gasteiger partial charge on any atom is 0.199 e. The highest BCUT2D eigenvalue weighted by atomic mass is 19.1. The average Bonchev–Trinajstić information content (AvgIpc) is 2.88. The van der Waals surface area contributed by atoms with Gasteiger partial charge in [0.05, 0.1) is 0 Å². The Morgan fingerprint density at radius 2 is 1.41 bits per heavy atom. The third-order valence-corrected chi connectivity index (χ3v) is 8.53. The molecule has 2 saturated carbocycles. The van der Waals surface area contributed by atoms with Crippen LogP contribution in [0.1, 0.15) is 108 Å². The number of unbranched alkanes of at least 4 members (excludes halogenated alkanes) is 3. The van der Waals surface area contributed by atoms with Gasteiger partial charge in [-0.15, -0.1) is 0 Å². The van der Waals surface area contributed by atoms with E-state index in [0.29, 0.717) is 5.92 Å². The van der Waals surface area contributed by atoms with Gasteiger partial charge in [-0.3, -0.25) is 0 Å². The molecule has 0 unspecified atom stereocenters. The van der Waals surface area contributed by atoms with Crippen LogP contribution in [0.5, 0.6) is 0 Å². The molecule has 0 aromatic heterocycles. The predicted octanol–water partition coefficient (Wildman–Crippen LogP) is 9.68. The highest BCUT2D eigenvalue weighted by Crippen LogP contribution is 2.42. The van der Waals surface area contributed by atoms with Crippen molar-refractivity contribution in [2.24, 2.45) is 23.7 Å². The van der Waals surface area contributed by atoms with Crippen LogP contribution in [0.3, 0.4) is 0 Å². The van der Waals surface area contributed by atoms with Crippen molar-refractivity contribution in [3.05, 3.63) is 59.4 Å². The zero-order chi connectivity index (χ0) is 24.0. The third-order valence-electron chi connectivity index (χ3n) is 8.53. The van der Waals surface area contributed by atoms with Crippen LogP contribution in [0.25, 0.3) is 0 Å². The van der Waals surface area contributed by atoms with E-state index in [4.69, 9.17) is 5.26 Å². The number of nitrogens with zero attached hydrogens (tertiary/aromatic N) is 1. The van der Waals surface area contributed by atoms with Gasteiger partial charge >= 0.3 is 0 Å². The smallest absolute Gasteiger partial charge is 0.195 e. The molecule has 2 heteroatoms. The zero-order valence-electron chi connectivity index (χ0n) is 21.5. The van der Waals surface area contributed by atoms with Gasteiger partial charge in [-0.2, -0.15) is 9.65 Å². The van der Waals surface area contributed by atoms with E-state index in [2.05, 4.69) is 37.3 Å². The van der Waals surface area contributed by atoms with Crippen LogP contribution in [-0.4, -0.2) is 0 Å². The fourth-order valence-electron chi connectivity index (χ4n) is 6.31. The molecule has 0 heterocycles. The van der Waals surface area contributed by atoms with Gasteiger partial charge in [-0.25, -0.2) is 0 Å². The van der Waals surface area contributed by atoms with Crippen molar-refractivity contribution in [3.8, 4) is 6.07 Å². The lowest BCUT2D eigenvalue weighted by molar-refractivity contribution is 0.151. The monoisotopic (exact) mass is 463 g/mol. The van der Waals surface area contributed by atoms with Crippen LogP contribution in [0.2, 0.25) is 0 Å². The Morgan fingerprint density at radius 3 is 1.97 bits per heavy atom. The van der Waals surface area contributed by atoms with Gasteiger partial charge < -0.3 is 0 Å². The van der Waals surface area contributed by atoms with E-state index in [1.807, 2.05) is 0 Å². The number of rotatable bonds is 12. The van der Waals surface area contributed by atoms with E-state index in [1.54, 1.807) is 6.08 Å². The van der Waals surface area contributed by atoms with Crippen molar-refractivity contribution in [1.29, 1.82) is 5.26 Å². The molecule has 1 aromatic rings. The molecule has 0 bridgehead atoms. The van der Waals surface area contributed by atoms with E-state index in [1.165, 1.54) is 126 Å². The molecule has 2 fully saturated rings. The molecule has 0 amide bonds. The average molecular weight is 464 g/mol. The lowest BCUT2D eigenvalue weighted by Gasteiger charge is -2.37. The second-order valence-electron chi connectivity index (χ2n) is 11.0. The molecular formula is C32H46FN. The molecule has 0 aliphatic heterocycles. The molecule has 2 aliphatic rings. The molecule has 3 rings (SSSR count). The lowest BCUT2D eigenvalue weighted by atomic mass is 9.68. The molecule has 1 aromatic carbocycles. The highest BCUT2D eigenvalue weighted by Gasteiger charge is 2.30. The fraction of sp³-hybridized carbons (Fsp3) is 0.656. The van der Waals surface area contributed by atoms with Gasteiger partial charge in [0, 0.05) is 0 Å². The Bertz CT molecular complexity index is 783. The Labute approximate surface area is 208 Å². The summed E-state index contributed by atoms with van der Waals surface area (Å²) >= 11 is 0. The van der Waals surface area contributed by atoms with Gasteiger partial charge in [0.2, 0.25) is 0 Å². The van der Waals surface area contributed by atoms with Crippen molar-refractivity contribution in [3.63, 3.8) is 0 Å². The van der Waals surface area contributed by atoms with E-state index in [0.717, 1.165) is 17.8 Å². The molecule has 0 atom stereocenters. The lowest BCUT2D eigenvalue weighted by Crippen LogP contribution is -2.25. The maximum atomic E-state index is 12.9. The highest BCUT2D eigenvalue weighted by molar-refractivity contribution is 5.22. The standard InChI is InChI=1S/C32H46FN/c1-2-3-4-8-26-13-15-27(16-14-26)9-5-6-10-28-17-21-30(22-18-28)31-23-19-29(20-24-31)11-7-12-32(33)25-34/h7,11-16,28-31H,2-6,8-10,17-24H2,1H3.